The molecule has 1 fully saturated rings. The zero-order chi connectivity index (χ0) is 54.0. The molecule has 1 aromatic carbocycles. The summed E-state index contributed by atoms with van der Waals surface area (Å²) < 4.78 is 10.8. The summed E-state index contributed by atoms with van der Waals surface area (Å²) in [4.78, 5) is 151. The molecule has 9 amide bonds. The first kappa shape index (κ1) is 60.5. The van der Waals surface area contributed by atoms with Gasteiger partial charge < -0.3 is 46.3 Å². The van der Waals surface area contributed by atoms with E-state index in [2.05, 4.69) is 38.5 Å². The van der Waals surface area contributed by atoms with Crippen LogP contribution in [0.5, 0.6) is 0 Å². The fourth-order valence-electron chi connectivity index (χ4n) is 7.33. The van der Waals surface area contributed by atoms with Crippen molar-refractivity contribution in [2.75, 3.05) is 13.1 Å². The minimum Gasteiger partial charge on any atom is -0.460 e. The number of nitrogens with zero attached hydrogens (tertiary/aromatic N) is 2. The molecule has 2 rings (SSSR count). The van der Waals surface area contributed by atoms with E-state index in [1.165, 1.54) is 11.0 Å². The van der Waals surface area contributed by atoms with E-state index in [1.807, 2.05) is 0 Å². The van der Waals surface area contributed by atoms with Crippen LogP contribution in [0.15, 0.2) is 43.0 Å². The fraction of sp³-hybridized carbons (Fsp3) is 0.620. The van der Waals surface area contributed by atoms with Crippen LogP contribution in [0.1, 0.15) is 127 Å². The number of rotatable bonds is 26. The molecular formula is C50H76N8O13. The average molecular weight is 997 g/mol. The van der Waals surface area contributed by atoms with Crippen LogP contribution in [0, 0.1) is 11.8 Å². The van der Waals surface area contributed by atoms with Crippen LogP contribution >= 0.6 is 0 Å². The summed E-state index contributed by atoms with van der Waals surface area (Å²) in [5.74, 6) is -9.76. The van der Waals surface area contributed by atoms with E-state index in [-0.39, 0.29) is 51.7 Å². The third-order valence-electron chi connectivity index (χ3n) is 10.7. The zero-order valence-corrected chi connectivity index (χ0v) is 43.4. The van der Waals surface area contributed by atoms with Crippen LogP contribution in [0.25, 0.3) is 0 Å². The van der Waals surface area contributed by atoms with Gasteiger partial charge in [-0.1, -0.05) is 77.4 Å². The molecule has 394 valence electrons. The smallest absolute Gasteiger partial charge is 0.327 e. The molecule has 0 aliphatic carbocycles. The molecule has 1 aromatic rings. The number of carbonyl (C=O) groups is 11. The number of esters is 2. The SMILES string of the molecule is C=CCNC(=O)C(=O)C(CCC)NC(=O)[C@@H]1CN(Cc2ccccc2)C(=O)N1C(=O)[C@@H](NC(=O)[C@@H](NC(=O)[C@H](CCC(=O)OC(C)(C)C)NC(=O)[C@H](CCC(=O)OC(C)(C)C)NC(C)=O)C(C)C)C(C)C. The molecular weight excluding hydrogens is 921 g/mol. The molecule has 6 atom stereocenters. The number of ether oxygens (including phenoxy) is 2. The van der Waals surface area contributed by atoms with Crippen LogP contribution in [-0.4, -0.2) is 135 Å². The van der Waals surface area contributed by atoms with Crippen molar-refractivity contribution in [3.8, 4) is 0 Å². The van der Waals surface area contributed by atoms with Gasteiger partial charge in [-0.05, 0) is 78.2 Å². The lowest BCUT2D eigenvalue weighted by Crippen LogP contribution is -2.62. The number of hydrogen-bond acceptors (Lipinski definition) is 13. The highest BCUT2D eigenvalue weighted by Crippen LogP contribution is 2.23. The molecule has 0 bridgehead atoms. The van der Waals surface area contributed by atoms with E-state index in [1.54, 1.807) is 106 Å². The number of urea groups is 1. The Morgan fingerprint density at radius 2 is 1.21 bits per heavy atom. The van der Waals surface area contributed by atoms with Gasteiger partial charge in [0.15, 0.2) is 0 Å². The Morgan fingerprint density at radius 1 is 0.704 bits per heavy atom. The highest BCUT2D eigenvalue weighted by molar-refractivity contribution is 6.38. The average Bonchev–Trinajstić information content (AvgIpc) is 3.59. The molecule has 21 heteroatoms. The van der Waals surface area contributed by atoms with Gasteiger partial charge in [-0.15, -0.1) is 6.58 Å². The number of carbonyl (C=O) groups excluding carboxylic acids is 11. The molecule has 1 saturated heterocycles. The highest BCUT2D eigenvalue weighted by Gasteiger charge is 2.49. The molecule has 6 N–H and O–H groups in total. The number of nitrogens with one attached hydrogen (secondary N) is 6. The quantitative estimate of drug-likeness (QED) is 0.0443. The predicted molar refractivity (Wildman–Crippen MR) is 261 cm³/mol. The van der Waals surface area contributed by atoms with Gasteiger partial charge >= 0.3 is 18.0 Å². The summed E-state index contributed by atoms with van der Waals surface area (Å²) in [5, 5.41) is 15.3. The van der Waals surface area contributed by atoms with Crippen LogP contribution in [0.3, 0.4) is 0 Å². The van der Waals surface area contributed by atoms with Gasteiger partial charge in [0.2, 0.25) is 35.3 Å². The summed E-state index contributed by atoms with van der Waals surface area (Å²) in [6.07, 6.45) is 0.661. The van der Waals surface area contributed by atoms with Crippen molar-refractivity contribution < 1.29 is 62.2 Å². The van der Waals surface area contributed by atoms with E-state index in [0.717, 1.165) is 11.8 Å². The third-order valence-corrected chi connectivity index (χ3v) is 10.7. The Balaban J connectivity index is 2.51. The van der Waals surface area contributed by atoms with Gasteiger partial charge in [0, 0.05) is 32.9 Å². The second-order valence-corrected chi connectivity index (χ2v) is 20.1. The Labute approximate surface area is 417 Å². The van der Waals surface area contributed by atoms with Crippen molar-refractivity contribution in [2.24, 2.45) is 11.8 Å². The molecule has 0 saturated carbocycles. The minimum atomic E-state index is -1.51. The van der Waals surface area contributed by atoms with Crippen LogP contribution in [0.4, 0.5) is 4.79 Å². The molecule has 1 aliphatic rings. The van der Waals surface area contributed by atoms with Crippen LogP contribution in [0.2, 0.25) is 0 Å². The van der Waals surface area contributed by atoms with Gasteiger partial charge in [-0.2, -0.15) is 0 Å². The topological polar surface area (TPSA) is 285 Å². The molecule has 0 radical (unpaired) electrons. The number of benzene rings is 1. The van der Waals surface area contributed by atoms with Crippen molar-refractivity contribution >= 4 is 65.1 Å². The molecule has 71 heavy (non-hydrogen) atoms. The van der Waals surface area contributed by atoms with E-state index >= 15 is 0 Å². The first-order chi connectivity index (χ1) is 33.0. The summed E-state index contributed by atoms with van der Waals surface area (Å²) in [6, 6.07) is -0.562. The lowest BCUT2D eigenvalue weighted by Gasteiger charge is -2.31. The highest BCUT2D eigenvalue weighted by atomic mass is 16.6. The molecule has 0 spiro atoms. The Kier molecular flexibility index (Phi) is 23.5. The minimum absolute atomic E-state index is 0.000796. The van der Waals surface area contributed by atoms with Crippen molar-refractivity contribution in [2.45, 2.75) is 176 Å². The van der Waals surface area contributed by atoms with Gasteiger partial charge in [0.05, 0.1) is 12.6 Å². The van der Waals surface area contributed by atoms with E-state index in [4.69, 9.17) is 9.47 Å². The predicted octanol–water partition coefficient (Wildman–Crippen LogP) is 2.49. The maximum absolute atomic E-state index is 14.7. The monoisotopic (exact) mass is 997 g/mol. The molecule has 1 heterocycles. The molecule has 1 unspecified atom stereocenters. The normalized spacial score (nSPS) is 15.9. The largest absolute Gasteiger partial charge is 0.460 e. The van der Waals surface area contributed by atoms with Crippen LogP contribution < -0.4 is 31.9 Å². The van der Waals surface area contributed by atoms with Gasteiger partial charge in [-0.25, -0.2) is 9.69 Å². The first-order valence-electron chi connectivity index (χ1n) is 24.0. The zero-order valence-electron chi connectivity index (χ0n) is 43.4. The first-order valence-corrected chi connectivity index (χ1v) is 24.0. The lowest BCUT2D eigenvalue weighted by atomic mass is 9.98. The molecule has 21 nitrogen and oxygen atoms in total. The Bertz CT molecular complexity index is 2100. The van der Waals surface area contributed by atoms with Crippen molar-refractivity contribution in [1.29, 1.82) is 0 Å². The van der Waals surface area contributed by atoms with Gasteiger partial charge in [0.1, 0.15) is 41.4 Å². The summed E-state index contributed by atoms with van der Waals surface area (Å²) in [7, 11) is 0. The standard InChI is InChI=1S/C50H76N8O13/c1-14-19-33(41(62)46(67)51-26-15-2)53-44(65)36-28-57(27-32-20-17-16-18-21-32)48(69)58(36)47(68)40(30(5)6)56-45(66)39(29(3)4)55-43(64)35(23-25-38(61)71-50(11,12)13)54-42(63)34(52-31(7)59)22-24-37(60)70-49(8,9)10/h15-18,20-21,29-30,33-36,39-40H,2,14,19,22-28H2,1,3-13H3,(H,51,67)(H,52,59)(H,53,65)(H,54,63)(H,55,64)(H,56,66)/t33?,34-,35-,36-,39-,40-/m0/s1. The van der Waals surface area contributed by atoms with Gasteiger partial charge in [-0.3, -0.25) is 47.9 Å². The summed E-state index contributed by atoms with van der Waals surface area (Å²) >= 11 is 0. The number of hydrogen-bond donors (Lipinski definition) is 6. The Hall–Kier alpha value is -6.67. The lowest BCUT2D eigenvalue weighted by molar-refractivity contribution is -0.156. The maximum atomic E-state index is 14.7. The fourth-order valence-corrected chi connectivity index (χ4v) is 7.33. The number of ketones is 1. The number of amides is 9. The van der Waals surface area contributed by atoms with Crippen molar-refractivity contribution in [3.05, 3.63) is 48.6 Å². The second kappa shape index (κ2) is 27.7. The van der Waals surface area contributed by atoms with Crippen molar-refractivity contribution in [1.82, 2.24) is 41.7 Å². The Morgan fingerprint density at radius 3 is 1.69 bits per heavy atom. The van der Waals surface area contributed by atoms with E-state index < -0.39 is 124 Å². The molecule has 0 aromatic heterocycles. The van der Waals surface area contributed by atoms with Crippen LogP contribution in [-0.2, 0) is 64.0 Å². The van der Waals surface area contributed by atoms with Gasteiger partial charge in [0.25, 0.3) is 11.8 Å². The number of Topliss-reactive ketones (excluding diaryl/α,β-unsaturated/α-hetero) is 1. The third kappa shape index (κ3) is 20.3. The molecule has 1 aliphatic heterocycles. The summed E-state index contributed by atoms with van der Waals surface area (Å²) in [6.45, 7) is 22.5. The van der Waals surface area contributed by atoms with E-state index in [0.29, 0.717) is 12.0 Å². The number of imide groups is 1. The summed E-state index contributed by atoms with van der Waals surface area (Å²) in [5.41, 5.74) is -1.02. The second-order valence-electron chi connectivity index (χ2n) is 20.1. The van der Waals surface area contributed by atoms with Crippen molar-refractivity contribution in [3.63, 3.8) is 0 Å². The maximum Gasteiger partial charge on any atom is 0.327 e. The van der Waals surface area contributed by atoms with E-state index in [9.17, 15) is 52.7 Å².